The molecule has 0 radical (unpaired) electrons. The third-order valence-electron chi connectivity index (χ3n) is 3.93. The fourth-order valence-corrected chi connectivity index (χ4v) is 2.61. The third-order valence-corrected chi connectivity index (χ3v) is 3.93. The first-order valence-corrected chi connectivity index (χ1v) is 7.73. The van der Waals surface area contributed by atoms with Crippen LogP contribution in [0.15, 0.2) is 0 Å². The van der Waals surface area contributed by atoms with Gasteiger partial charge >= 0.3 is 0 Å². The minimum Gasteiger partial charge on any atom is -0.370 e. The Bertz CT molecular complexity index is 267. The van der Waals surface area contributed by atoms with E-state index in [1.54, 1.807) is 0 Å². The van der Waals surface area contributed by atoms with E-state index in [-0.39, 0.29) is 11.8 Å². The zero-order chi connectivity index (χ0) is 13.9. The first-order chi connectivity index (χ1) is 9.18. The first kappa shape index (κ1) is 16.0. The van der Waals surface area contributed by atoms with Gasteiger partial charge < -0.3 is 11.1 Å². The van der Waals surface area contributed by atoms with Crippen LogP contribution in [-0.2, 0) is 9.59 Å². The maximum atomic E-state index is 10.5. The summed E-state index contributed by atoms with van der Waals surface area (Å²) in [5.74, 6) is 1.02. The Labute approximate surface area is 116 Å². The van der Waals surface area contributed by atoms with Crippen LogP contribution < -0.4 is 11.1 Å². The lowest BCUT2D eigenvalue weighted by atomic mass is 9.85. The van der Waals surface area contributed by atoms with Crippen LogP contribution in [-0.4, -0.2) is 18.4 Å². The monoisotopic (exact) mass is 268 g/mol. The highest BCUT2D eigenvalue weighted by Gasteiger charge is 2.12. The Balaban J connectivity index is 0.000000300. The van der Waals surface area contributed by atoms with Crippen LogP contribution in [0.2, 0.25) is 0 Å². The number of β-lactam (4-membered cyclic amide) rings is 1. The molecule has 2 rings (SSSR count). The highest BCUT2D eigenvalue weighted by atomic mass is 16.2. The summed E-state index contributed by atoms with van der Waals surface area (Å²) in [6.07, 6.45) is 13.3. The number of carbonyl (C=O) groups is 2. The van der Waals surface area contributed by atoms with Crippen molar-refractivity contribution in [2.75, 3.05) is 6.54 Å². The zero-order valence-electron chi connectivity index (χ0n) is 12.0. The van der Waals surface area contributed by atoms with Crippen LogP contribution in [0, 0.1) is 5.92 Å². The van der Waals surface area contributed by atoms with Gasteiger partial charge in [0.25, 0.3) is 0 Å². The minimum atomic E-state index is -0.150. The van der Waals surface area contributed by atoms with Gasteiger partial charge in [-0.25, -0.2) is 0 Å². The molecular weight excluding hydrogens is 240 g/mol. The maximum absolute atomic E-state index is 10.5. The molecular formula is C15H28N2O2. The van der Waals surface area contributed by atoms with Crippen LogP contribution in [0.4, 0.5) is 0 Å². The Morgan fingerprint density at radius 2 is 1.79 bits per heavy atom. The molecule has 0 atom stereocenters. The van der Waals surface area contributed by atoms with E-state index < -0.39 is 0 Å². The summed E-state index contributed by atoms with van der Waals surface area (Å²) in [5.41, 5.74) is 5.08. The molecule has 2 aliphatic rings. The normalized spacial score (nSPS) is 18.8. The van der Waals surface area contributed by atoms with Crippen molar-refractivity contribution in [1.82, 2.24) is 5.32 Å². The molecule has 1 aliphatic heterocycles. The molecule has 3 N–H and O–H groups in total. The largest absolute Gasteiger partial charge is 0.370 e. The lowest BCUT2D eigenvalue weighted by Gasteiger charge is -2.21. The summed E-state index contributed by atoms with van der Waals surface area (Å²) in [6, 6.07) is 0. The highest BCUT2D eigenvalue weighted by Crippen LogP contribution is 2.27. The van der Waals surface area contributed by atoms with E-state index in [1.807, 2.05) is 0 Å². The molecule has 19 heavy (non-hydrogen) atoms. The van der Waals surface area contributed by atoms with Crippen LogP contribution in [0.5, 0.6) is 0 Å². The second kappa shape index (κ2) is 9.82. The van der Waals surface area contributed by atoms with Gasteiger partial charge in [-0.15, -0.1) is 0 Å². The predicted octanol–water partition coefficient (Wildman–Crippen LogP) is 2.51. The predicted molar refractivity (Wildman–Crippen MR) is 76.5 cm³/mol. The van der Waals surface area contributed by atoms with Gasteiger partial charge in [-0.1, -0.05) is 51.4 Å². The lowest BCUT2D eigenvalue weighted by Crippen LogP contribution is -2.37. The van der Waals surface area contributed by atoms with Crippen LogP contribution in [0.3, 0.4) is 0 Å². The van der Waals surface area contributed by atoms with Crippen molar-refractivity contribution >= 4 is 11.8 Å². The molecule has 0 spiro atoms. The molecule has 1 heterocycles. The van der Waals surface area contributed by atoms with Crippen LogP contribution in [0.25, 0.3) is 0 Å². The average Bonchev–Trinajstić information content (AvgIpc) is 2.37. The Morgan fingerprint density at radius 3 is 2.26 bits per heavy atom. The molecule has 0 aromatic rings. The number of rotatable bonds is 6. The van der Waals surface area contributed by atoms with Crippen molar-refractivity contribution < 1.29 is 9.59 Å². The van der Waals surface area contributed by atoms with Crippen LogP contribution in [0.1, 0.15) is 70.6 Å². The summed E-state index contributed by atoms with van der Waals surface area (Å²) in [4.78, 5) is 20.3. The van der Waals surface area contributed by atoms with Gasteiger partial charge in [-0.2, -0.15) is 0 Å². The van der Waals surface area contributed by atoms with E-state index >= 15 is 0 Å². The molecule has 1 saturated heterocycles. The topological polar surface area (TPSA) is 72.2 Å². The van der Waals surface area contributed by atoms with E-state index in [0.717, 1.165) is 25.3 Å². The van der Waals surface area contributed by atoms with Gasteiger partial charge in [0.15, 0.2) is 0 Å². The Hall–Kier alpha value is -1.06. The maximum Gasteiger partial charge on any atom is 0.221 e. The smallest absolute Gasteiger partial charge is 0.221 e. The average molecular weight is 268 g/mol. The second-order valence-electron chi connectivity index (χ2n) is 5.67. The molecule has 4 nitrogen and oxygen atoms in total. The van der Waals surface area contributed by atoms with E-state index in [9.17, 15) is 9.59 Å². The van der Waals surface area contributed by atoms with E-state index in [0.29, 0.717) is 6.42 Å². The number of carbonyl (C=O) groups excluding carboxylic acids is 2. The zero-order valence-corrected chi connectivity index (χ0v) is 12.0. The molecule has 0 unspecified atom stereocenters. The van der Waals surface area contributed by atoms with E-state index in [4.69, 9.17) is 5.73 Å². The SMILES string of the molecule is NC(=O)CCCCCC1CCCCC1.O=C1CCN1. The van der Waals surface area contributed by atoms with E-state index in [2.05, 4.69) is 5.32 Å². The van der Waals surface area contributed by atoms with Crippen molar-refractivity contribution in [3.8, 4) is 0 Å². The van der Waals surface area contributed by atoms with E-state index in [1.165, 1.54) is 51.4 Å². The van der Waals surface area contributed by atoms with Crippen molar-refractivity contribution in [3.05, 3.63) is 0 Å². The third kappa shape index (κ3) is 8.62. The van der Waals surface area contributed by atoms with Gasteiger partial charge in [0.1, 0.15) is 0 Å². The molecule has 2 fully saturated rings. The highest BCUT2D eigenvalue weighted by molar-refractivity contribution is 5.81. The number of nitrogens with two attached hydrogens (primary N) is 1. The fraction of sp³-hybridized carbons (Fsp3) is 0.867. The number of nitrogens with one attached hydrogen (secondary N) is 1. The molecule has 0 bridgehead atoms. The van der Waals surface area contributed by atoms with Crippen molar-refractivity contribution in [2.24, 2.45) is 11.7 Å². The summed E-state index contributed by atoms with van der Waals surface area (Å²) < 4.78 is 0. The number of hydrogen-bond donors (Lipinski definition) is 2. The molecule has 1 aliphatic carbocycles. The van der Waals surface area contributed by atoms with Gasteiger partial charge in [-0.05, 0) is 12.3 Å². The molecule has 2 amide bonds. The summed E-state index contributed by atoms with van der Waals surface area (Å²) in [7, 11) is 0. The van der Waals surface area contributed by atoms with Crippen molar-refractivity contribution in [2.45, 2.75) is 70.6 Å². The number of hydrogen-bond acceptors (Lipinski definition) is 2. The summed E-state index contributed by atoms with van der Waals surface area (Å²) in [5, 5.41) is 2.57. The molecule has 0 aromatic heterocycles. The molecule has 110 valence electrons. The Morgan fingerprint density at radius 1 is 1.16 bits per heavy atom. The number of primary amides is 1. The second-order valence-corrected chi connectivity index (χ2v) is 5.67. The quantitative estimate of drug-likeness (QED) is 0.574. The van der Waals surface area contributed by atoms with Crippen molar-refractivity contribution in [3.63, 3.8) is 0 Å². The minimum absolute atomic E-state index is 0.150. The van der Waals surface area contributed by atoms with Gasteiger partial charge in [-0.3, -0.25) is 9.59 Å². The molecule has 0 aromatic carbocycles. The summed E-state index contributed by atoms with van der Waals surface area (Å²) >= 11 is 0. The fourth-order valence-electron chi connectivity index (χ4n) is 2.61. The van der Waals surface area contributed by atoms with Crippen LogP contribution >= 0.6 is 0 Å². The van der Waals surface area contributed by atoms with Gasteiger partial charge in [0.2, 0.25) is 11.8 Å². The summed E-state index contributed by atoms with van der Waals surface area (Å²) in [6.45, 7) is 0.888. The molecule has 1 saturated carbocycles. The number of unbranched alkanes of at least 4 members (excludes halogenated alkanes) is 2. The van der Waals surface area contributed by atoms with Crippen molar-refractivity contribution in [1.29, 1.82) is 0 Å². The standard InChI is InChI=1S/C12H23NO.C3H5NO/c13-12(14)10-6-2-5-9-11-7-3-1-4-8-11;5-3-1-2-4-3/h11H,1-10H2,(H2,13,14);1-2H2,(H,4,5). The van der Waals surface area contributed by atoms with Gasteiger partial charge in [0, 0.05) is 19.4 Å². The number of amides is 2. The van der Waals surface area contributed by atoms with Gasteiger partial charge in [0.05, 0.1) is 0 Å². The lowest BCUT2D eigenvalue weighted by molar-refractivity contribution is -0.125. The first-order valence-electron chi connectivity index (χ1n) is 7.73. The Kier molecular flexibility index (Phi) is 8.26. The molecule has 4 heteroatoms.